The Kier molecular flexibility index (Phi) is 11.5. The summed E-state index contributed by atoms with van der Waals surface area (Å²) >= 11 is 0. The van der Waals surface area contributed by atoms with Gasteiger partial charge in [-0.2, -0.15) is 0 Å². The van der Waals surface area contributed by atoms with Gasteiger partial charge < -0.3 is 0 Å². The van der Waals surface area contributed by atoms with Gasteiger partial charge in [-0.25, -0.2) is 0 Å². The van der Waals surface area contributed by atoms with Crippen LogP contribution in [0.3, 0.4) is 0 Å². The molecule has 0 radical (unpaired) electrons. The molecule has 0 aromatic carbocycles. The zero-order valence-corrected chi connectivity index (χ0v) is 14.7. The molecule has 92 valence electrons. The fourth-order valence-corrected chi connectivity index (χ4v) is 2.58. The smallest absolute Gasteiger partial charge is 0.133 e. The zero-order valence-electron chi connectivity index (χ0n) is 9.82. The topological polar surface area (TPSA) is 93.1 Å². The molecule has 9 heteroatoms. The molecule has 0 amide bonds. The molecule has 1 rings (SSSR count). The maximum atomic E-state index is 10.3. The van der Waals surface area contributed by atoms with E-state index in [4.69, 9.17) is 9.79 Å². The normalized spacial score (nSPS) is 26.0. The first-order valence-corrected chi connectivity index (χ1v) is 7.42. The van der Waals surface area contributed by atoms with Crippen LogP contribution in [0, 0.1) is 11.8 Å². The Hall–Kier alpha value is 1.68. The van der Waals surface area contributed by atoms with Crippen molar-refractivity contribution in [2.75, 3.05) is 13.2 Å². The van der Waals surface area contributed by atoms with Crippen LogP contribution in [0.25, 0.3) is 0 Å². The van der Waals surface area contributed by atoms with Crippen molar-refractivity contribution >= 4 is 16.5 Å². The predicted molar refractivity (Wildman–Crippen MR) is 57.0 cm³/mol. The summed E-state index contributed by atoms with van der Waals surface area (Å²) in [5, 5.41) is 0. The van der Waals surface area contributed by atoms with E-state index in [1.54, 1.807) is 0 Å². The molecule has 2 N–H and O–H groups in total. The van der Waals surface area contributed by atoms with Crippen LogP contribution in [0.15, 0.2) is 0 Å². The first-order chi connectivity index (χ1) is 7.58. The summed E-state index contributed by atoms with van der Waals surface area (Å²) < 4.78 is 30.0. The van der Waals surface area contributed by atoms with Gasteiger partial charge in [0.05, 0.1) is 0 Å². The van der Waals surface area contributed by atoms with E-state index in [1.165, 1.54) is 0 Å². The number of rotatable bonds is 6. The Morgan fingerprint density at radius 3 is 1.41 bits per heavy atom. The van der Waals surface area contributed by atoms with Crippen LogP contribution in [0.2, 0.25) is 0 Å². The van der Waals surface area contributed by atoms with Gasteiger partial charge >= 0.3 is 67.9 Å². The van der Waals surface area contributed by atoms with E-state index in [9.17, 15) is 9.13 Å². The van der Waals surface area contributed by atoms with Gasteiger partial charge in [0.25, 0.3) is 0 Å². The summed E-state index contributed by atoms with van der Waals surface area (Å²) in [6.07, 6.45) is 3.61. The minimum Gasteiger partial charge on any atom is -0.133 e. The molecule has 0 heterocycles. The van der Waals surface area contributed by atoms with Crippen molar-refractivity contribution in [3.05, 3.63) is 0 Å². The van der Waals surface area contributed by atoms with Gasteiger partial charge in [-0.15, -0.1) is 18.8 Å². The maximum Gasteiger partial charge on any atom is 1.00 e. The standard InChI is InChI=1S/C8H14O6P2.K/c9-15(10)13-5-7-1-2-8(4-3-7)6-14-16(11)12;/h7-8H,1-6H2;/q;+1/p+2. The van der Waals surface area contributed by atoms with Crippen LogP contribution in [0.4, 0.5) is 0 Å². The van der Waals surface area contributed by atoms with E-state index in [-0.39, 0.29) is 51.4 Å². The summed E-state index contributed by atoms with van der Waals surface area (Å²) in [5.74, 6) is 0.621. The largest absolute Gasteiger partial charge is 1.00 e. The van der Waals surface area contributed by atoms with E-state index in [0.29, 0.717) is 25.0 Å². The summed E-state index contributed by atoms with van der Waals surface area (Å²) in [5.41, 5.74) is 0. The van der Waals surface area contributed by atoms with Crippen LogP contribution in [-0.4, -0.2) is 23.0 Å². The van der Waals surface area contributed by atoms with Crippen molar-refractivity contribution in [3.8, 4) is 0 Å². The van der Waals surface area contributed by atoms with E-state index in [0.717, 1.165) is 25.7 Å². The second-order valence-corrected chi connectivity index (χ2v) is 5.42. The van der Waals surface area contributed by atoms with Crippen LogP contribution in [0.1, 0.15) is 25.7 Å². The monoisotopic (exact) mass is 309 g/mol. The Balaban J connectivity index is 0.00000256. The van der Waals surface area contributed by atoms with Gasteiger partial charge in [-0.3, -0.25) is 0 Å². The Labute approximate surface area is 145 Å². The molecule has 2 unspecified atom stereocenters. The minimum atomic E-state index is -2.50. The molecule has 0 aromatic rings. The Morgan fingerprint density at radius 1 is 0.882 bits per heavy atom. The van der Waals surface area contributed by atoms with E-state index >= 15 is 0 Å². The fraction of sp³-hybridized carbons (Fsp3) is 1.00. The van der Waals surface area contributed by atoms with Crippen molar-refractivity contribution in [1.82, 2.24) is 0 Å². The first-order valence-electron chi connectivity index (χ1n) is 5.16. The average Bonchev–Trinajstić information content (AvgIpc) is 2.25. The fourth-order valence-electron chi connectivity index (χ4n) is 1.90. The van der Waals surface area contributed by atoms with Crippen molar-refractivity contribution in [3.63, 3.8) is 0 Å². The molecule has 1 aliphatic carbocycles. The molecular formula is C8H16KO6P2+3. The number of hydrogen-bond acceptors (Lipinski definition) is 4. The molecule has 0 spiro atoms. The third-order valence-electron chi connectivity index (χ3n) is 2.81. The zero-order chi connectivity index (χ0) is 12.0. The van der Waals surface area contributed by atoms with Crippen LogP contribution < -0.4 is 51.4 Å². The van der Waals surface area contributed by atoms with E-state index in [2.05, 4.69) is 9.05 Å². The second kappa shape index (κ2) is 10.5. The van der Waals surface area contributed by atoms with Crippen LogP contribution in [0.5, 0.6) is 0 Å². The maximum absolute atomic E-state index is 10.3. The molecule has 17 heavy (non-hydrogen) atoms. The molecule has 1 fully saturated rings. The van der Waals surface area contributed by atoms with E-state index in [1.807, 2.05) is 0 Å². The van der Waals surface area contributed by atoms with Gasteiger partial charge in [-0.1, -0.05) is 0 Å². The summed E-state index contributed by atoms with van der Waals surface area (Å²) in [7, 11) is -5.00. The van der Waals surface area contributed by atoms with Crippen LogP contribution in [-0.2, 0) is 18.2 Å². The minimum absolute atomic E-state index is 0. The predicted octanol–water partition coefficient (Wildman–Crippen LogP) is -0.871. The van der Waals surface area contributed by atoms with Gasteiger partial charge in [0.1, 0.15) is 13.2 Å². The SMILES string of the molecule is O=[P+](O)OCC1CCC(CO[P+](=O)O)CC1.[K+]. The summed E-state index contributed by atoms with van der Waals surface area (Å²) in [4.78, 5) is 17.0. The summed E-state index contributed by atoms with van der Waals surface area (Å²) in [6, 6.07) is 0. The average molecular weight is 309 g/mol. The molecule has 0 saturated heterocycles. The third-order valence-corrected chi connectivity index (χ3v) is 3.55. The number of hydrogen-bond donors (Lipinski definition) is 2. The Bertz CT molecular complexity index is 230. The molecule has 0 bridgehead atoms. The van der Waals surface area contributed by atoms with Crippen molar-refractivity contribution in [2.45, 2.75) is 25.7 Å². The van der Waals surface area contributed by atoms with Gasteiger partial charge in [0.15, 0.2) is 0 Å². The second-order valence-electron chi connectivity index (χ2n) is 3.95. The van der Waals surface area contributed by atoms with Crippen LogP contribution >= 0.6 is 16.5 Å². The quantitative estimate of drug-likeness (QED) is 0.489. The van der Waals surface area contributed by atoms with Gasteiger partial charge in [0, 0.05) is 9.13 Å². The molecular weight excluding hydrogens is 293 g/mol. The molecule has 0 aromatic heterocycles. The van der Waals surface area contributed by atoms with Crippen molar-refractivity contribution < 1.29 is 79.3 Å². The summed E-state index contributed by atoms with van der Waals surface area (Å²) in [6.45, 7) is 0.626. The molecule has 6 nitrogen and oxygen atoms in total. The van der Waals surface area contributed by atoms with Gasteiger partial charge in [0.2, 0.25) is 0 Å². The first kappa shape index (κ1) is 18.7. The molecule has 1 aliphatic rings. The third kappa shape index (κ3) is 9.25. The Morgan fingerprint density at radius 2 is 1.18 bits per heavy atom. The van der Waals surface area contributed by atoms with Gasteiger partial charge in [-0.05, 0) is 37.5 Å². The molecule has 2 atom stereocenters. The van der Waals surface area contributed by atoms with Crippen molar-refractivity contribution in [2.24, 2.45) is 11.8 Å². The molecule has 0 aliphatic heterocycles. The van der Waals surface area contributed by atoms with Crippen molar-refractivity contribution in [1.29, 1.82) is 0 Å². The molecule has 1 saturated carbocycles. The van der Waals surface area contributed by atoms with E-state index < -0.39 is 16.5 Å².